The number of para-hydroxylation sites is 2. The minimum atomic E-state index is -3.85. The number of sulfonamides is 1. The molecule has 1 heterocycles. The lowest BCUT2D eigenvalue weighted by atomic mass is 10.2. The molecule has 1 aliphatic rings. The van der Waals surface area contributed by atoms with E-state index in [4.69, 9.17) is 4.74 Å². The molecule has 0 radical (unpaired) electrons. The molecule has 0 aromatic heterocycles. The molecule has 1 fully saturated rings. The lowest BCUT2D eigenvalue weighted by Crippen LogP contribution is -2.34. The van der Waals surface area contributed by atoms with E-state index in [0.29, 0.717) is 17.2 Å². The van der Waals surface area contributed by atoms with Crippen molar-refractivity contribution in [1.29, 1.82) is 0 Å². The summed E-state index contributed by atoms with van der Waals surface area (Å²) in [5.41, 5.74) is 0.569. The molecule has 126 valence electrons. The van der Waals surface area contributed by atoms with Crippen LogP contribution in [0.25, 0.3) is 0 Å². The summed E-state index contributed by atoms with van der Waals surface area (Å²) in [6.07, 6.45) is -0.879. The summed E-state index contributed by atoms with van der Waals surface area (Å²) in [5, 5.41) is 10.5. The van der Waals surface area contributed by atoms with Gasteiger partial charge in [0.1, 0.15) is 12.0 Å². The monoisotopic (exact) mass is 364 g/mol. The average Bonchev–Trinajstić information content (AvgIpc) is 2.95. The molecule has 1 aliphatic heterocycles. The average molecular weight is 364 g/mol. The Morgan fingerprint density at radius 1 is 1.17 bits per heavy atom. The Bertz CT molecular complexity index is 853. The largest absolute Gasteiger partial charge is 0.495 e. The molecular weight excluding hydrogens is 348 g/mol. The topological polar surface area (TPSA) is 79.2 Å². The summed E-state index contributed by atoms with van der Waals surface area (Å²) < 4.78 is 34.2. The number of benzene rings is 2. The van der Waals surface area contributed by atoms with Crippen molar-refractivity contribution in [1.82, 2.24) is 0 Å². The van der Waals surface area contributed by atoms with Gasteiger partial charge in [0.25, 0.3) is 10.0 Å². The third-order valence-corrected chi connectivity index (χ3v) is 5.86. The second kappa shape index (κ2) is 6.84. The lowest BCUT2D eigenvalue weighted by Gasteiger charge is -2.23. The minimum Gasteiger partial charge on any atom is -0.495 e. The summed E-state index contributed by atoms with van der Waals surface area (Å²) in [6, 6.07) is 15.1. The molecule has 2 aromatic rings. The molecule has 2 aromatic carbocycles. The maximum Gasteiger partial charge on any atom is 0.284 e. The summed E-state index contributed by atoms with van der Waals surface area (Å²) in [5.74, 6) is 0.852. The van der Waals surface area contributed by atoms with Crippen LogP contribution in [0.3, 0.4) is 0 Å². The molecule has 1 atom stereocenters. The summed E-state index contributed by atoms with van der Waals surface area (Å²) in [6.45, 7) is 0. The number of methoxy groups -OCH3 is 1. The number of amidine groups is 1. The zero-order valence-corrected chi connectivity index (χ0v) is 14.5. The van der Waals surface area contributed by atoms with Gasteiger partial charge in [-0.3, -0.25) is 4.90 Å². The van der Waals surface area contributed by atoms with Crippen molar-refractivity contribution in [2.75, 3.05) is 17.8 Å². The van der Waals surface area contributed by atoms with Gasteiger partial charge >= 0.3 is 0 Å². The second-order valence-electron chi connectivity index (χ2n) is 5.00. The molecule has 0 amide bonds. The van der Waals surface area contributed by atoms with Crippen LogP contribution in [0.4, 0.5) is 5.69 Å². The third-order valence-electron chi connectivity index (χ3n) is 3.45. The quantitative estimate of drug-likeness (QED) is 0.897. The van der Waals surface area contributed by atoms with E-state index in [-0.39, 0.29) is 10.1 Å². The number of aliphatic hydroxyl groups is 1. The molecule has 0 spiro atoms. The molecule has 1 unspecified atom stereocenters. The summed E-state index contributed by atoms with van der Waals surface area (Å²) in [7, 11) is -2.33. The van der Waals surface area contributed by atoms with Gasteiger partial charge in [-0.25, -0.2) is 0 Å². The zero-order valence-electron chi connectivity index (χ0n) is 12.9. The summed E-state index contributed by atoms with van der Waals surface area (Å²) >= 11 is 1.19. The smallest absolute Gasteiger partial charge is 0.284 e. The van der Waals surface area contributed by atoms with Crippen molar-refractivity contribution in [3.63, 3.8) is 0 Å². The Kier molecular flexibility index (Phi) is 4.79. The van der Waals surface area contributed by atoms with E-state index in [1.165, 1.54) is 35.9 Å². The highest BCUT2D eigenvalue weighted by Gasteiger charge is 2.33. The van der Waals surface area contributed by atoms with Crippen LogP contribution in [0.5, 0.6) is 5.75 Å². The Hall–Kier alpha value is -2.03. The number of anilines is 1. The fraction of sp³-hybridized carbons (Fsp3) is 0.188. The lowest BCUT2D eigenvalue weighted by molar-refractivity contribution is 0.212. The number of hydrogen-bond acceptors (Lipinski definition) is 5. The SMILES string of the molecule is COc1ccccc1N1/C(=N/S(=O)(=O)c2ccccc2)SCC1O. The van der Waals surface area contributed by atoms with Crippen molar-refractivity contribution in [2.45, 2.75) is 11.1 Å². The van der Waals surface area contributed by atoms with Crippen LogP contribution >= 0.6 is 11.8 Å². The van der Waals surface area contributed by atoms with Crippen LogP contribution in [0, 0.1) is 0 Å². The van der Waals surface area contributed by atoms with Crippen LogP contribution in [0.1, 0.15) is 0 Å². The van der Waals surface area contributed by atoms with Gasteiger partial charge in [0.05, 0.1) is 17.7 Å². The van der Waals surface area contributed by atoms with Crippen molar-refractivity contribution < 1.29 is 18.3 Å². The number of aliphatic hydroxyl groups excluding tert-OH is 1. The molecule has 0 saturated carbocycles. The van der Waals surface area contributed by atoms with Gasteiger partial charge in [-0.1, -0.05) is 42.1 Å². The number of ether oxygens (including phenoxy) is 1. The Morgan fingerprint density at radius 3 is 2.54 bits per heavy atom. The number of hydrogen-bond donors (Lipinski definition) is 1. The van der Waals surface area contributed by atoms with Crippen molar-refractivity contribution >= 4 is 32.6 Å². The maximum absolute atomic E-state index is 12.5. The normalized spacial score (nSPS) is 19.7. The van der Waals surface area contributed by atoms with Crippen LogP contribution in [0.2, 0.25) is 0 Å². The van der Waals surface area contributed by atoms with Gasteiger partial charge in [-0.15, -0.1) is 4.40 Å². The highest BCUT2D eigenvalue weighted by atomic mass is 32.2. The molecule has 3 rings (SSSR count). The highest BCUT2D eigenvalue weighted by molar-refractivity contribution is 8.15. The van der Waals surface area contributed by atoms with Gasteiger partial charge < -0.3 is 9.84 Å². The first-order valence-electron chi connectivity index (χ1n) is 7.16. The molecule has 1 N–H and O–H groups in total. The molecule has 24 heavy (non-hydrogen) atoms. The third kappa shape index (κ3) is 3.26. The standard InChI is InChI=1S/C16H16N2O4S2/c1-22-14-10-6-5-9-13(14)18-15(19)11-23-16(18)17-24(20,21)12-7-3-2-4-8-12/h2-10,15,19H,11H2,1H3/b17-16-. The Labute approximate surface area is 144 Å². The Morgan fingerprint density at radius 2 is 1.83 bits per heavy atom. The van der Waals surface area contributed by atoms with Crippen molar-refractivity contribution in [3.8, 4) is 5.75 Å². The maximum atomic E-state index is 12.5. The van der Waals surface area contributed by atoms with Crippen molar-refractivity contribution in [3.05, 3.63) is 54.6 Å². The predicted molar refractivity (Wildman–Crippen MR) is 95.0 cm³/mol. The molecular formula is C16H16N2O4S2. The van der Waals surface area contributed by atoms with Gasteiger partial charge in [0.2, 0.25) is 0 Å². The minimum absolute atomic E-state index is 0.111. The first-order chi connectivity index (χ1) is 11.5. The van der Waals surface area contributed by atoms with E-state index < -0.39 is 16.3 Å². The molecule has 0 aliphatic carbocycles. The molecule has 1 saturated heterocycles. The number of thioether (sulfide) groups is 1. The number of rotatable bonds is 4. The van der Waals surface area contributed by atoms with E-state index in [2.05, 4.69) is 4.40 Å². The second-order valence-corrected chi connectivity index (χ2v) is 7.59. The van der Waals surface area contributed by atoms with Crippen LogP contribution < -0.4 is 9.64 Å². The predicted octanol–water partition coefficient (Wildman–Crippen LogP) is 2.31. The zero-order chi connectivity index (χ0) is 17.2. The first-order valence-corrected chi connectivity index (χ1v) is 9.58. The van der Waals surface area contributed by atoms with Crippen molar-refractivity contribution in [2.24, 2.45) is 4.40 Å². The van der Waals surface area contributed by atoms with Gasteiger partial charge in [0.15, 0.2) is 5.17 Å². The fourth-order valence-electron chi connectivity index (χ4n) is 2.33. The van der Waals surface area contributed by atoms with E-state index in [0.717, 1.165) is 0 Å². The van der Waals surface area contributed by atoms with E-state index >= 15 is 0 Å². The molecule has 8 heteroatoms. The van der Waals surface area contributed by atoms with E-state index in [1.54, 1.807) is 42.5 Å². The molecule has 0 bridgehead atoms. The van der Waals surface area contributed by atoms with Gasteiger partial charge in [0, 0.05) is 5.75 Å². The number of nitrogens with zero attached hydrogens (tertiary/aromatic N) is 2. The highest BCUT2D eigenvalue weighted by Crippen LogP contribution is 2.36. The van der Waals surface area contributed by atoms with Crippen LogP contribution in [-0.2, 0) is 10.0 Å². The van der Waals surface area contributed by atoms with Gasteiger partial charge in [-0.2, -0.15) is 8.42 Å². The summed E-state index contributed by atoms with van der Waals surface area (Å²) in [4.78, 5) is 1.59. The fourth-order valence-corrected chi connectivity index (χ4v) is 4.54. The van der Waals surface area contributed by atoms with Crippen LogP contribution in [-0.4, -0.2) is 37.8 Å². The van der Waals surface area contributed by atoms with Gasteiger partial charge in [-0.05, 0) is 24.3 Å². The first kappa shape index (κ1) is 16.8. The van der Waals surface area contributed by atoms with Crippen LogP contribution in [0.15, 0.2) is 63.9 Å². The Balaban J connectivity index is 2.04. The van der Waals surface area contributed by atoms with E-state index in [1.807, 2.05) is 0 Å². The van der Waals surface area contributed by atoms with E-state index in [9.17, 15) is 13.5 Å². The molecule has 6 nitrogen and oxygen atoms in total.